The van der Waals surface area contributed by atoms with Crippen LogP contribution in [0.15, 0.2) is 18.3 Å². The van der Waals surface area contributed by atoms with Crippen LogP contribution in [0.3, 0.4) is 0 Å². The summed E-state index contributed by atoms with van der Waals surface area (Å²) in [5, 5.41) is 8.85. The molecule has 0 spiro atoms. The van der Waals surface area contributed by atoms with Gasteiger partial charge in [0.25, 0.3) is 0 Å². The Bertz CT molecular complexity index is 341. The third kappa shape index (κ3) is 3.69. The molecule has 0 aromatic carbocycles. The van der Waals surface area contributed by atoms with Crippen molar-refractivity contribution in [1.82, 2.24) is 4.98 Å². The fraction of sp³-hybridized carbons (Fsp3) is 0.500. The fourth-order valence-corrected chi connectivity index (χ4v) is 1.35. The summed E-state index contributed by atoms with van der Waals surface area (Å²) in [6, 6.07) is 2.95. The Kier molecular flexibility index (Phi) is 4.12. The van der Waals surface area contributed by atoms with Crippen LogP contribution in [0.5, 0.6) is 0 Å². The van der Waals surface area contributed by atoms with Gasteiger partial charge in [0.15, 0.2) is 0 Å². The molecule has 90 valence electrons. The van der Waals surface area contributed by atoms with E-state index in [1.807, 2.05) is 0 Å². The molecule has 0 unspecified atom stereocenters. The van der Waals surface area contributed by atoms with Crippen LogP contribution in [-0.4, -0.2) is 29.4 Å². The van der Waals surface area contributed by atoms with Gasteiger partial charge in [0, 0.05) is 18.4 Å². The Morgan fingerprint density at radius 2 is 2.12 bits per heavy atom. The van der Waals surface area contributed by atoms with E-state index in [9.17, 15) is 13.2 Å². The molecule has 0 atom stereocenters. The summed E-state index contributed by atoms with van der Waals surface area (Å²) in [6.07, 6.45) is -2.85. The van der Waals surface area contributed by atoms with Crippen LogP contribution in [0.4, 0.5) is 18.9 Å². The molecule has 1 heterocycles. The lowest BCUT2D eigenvalue weighted by Crippen LogP contribution is -2.34. The number of hydrogen-bond donors (Lipinski definition) is 1. The van der Waals surface area contributed by atoms with Crippen molar-refractivity contribution in [3.05, 3.63) is 24.0 Å². The molecule has 1 aromatic heterocycles. The maximum atomic E-state index is 12.3. The van der Waals surface area contributed by atoms with Crippen LogP contribution < -0.4 is 4.90 Å². The lowest BCUT2D eigenvalue weighted by atomic mass is 10.3. The molecule has 3 nitrogen and oxygen atoms in total. The van der Waals surface area contributed by atoms with Crippen LogP contribution in [0.2, 0.25) is 0 Å². The Morgan fingerprint density at radius 1 is 1.44 bits per heavy atom. The van der Waals surface area contributed by atoms with Gasteiger partial charge < -0.3 is 10.0 Å². The number of pyridine rings is 1. The molecule has 0 fully saturated rings. The predicted molar refractivity (Wildman–Crippen MR) is 54.1 cm³/mol. The van der Waals surface area contributed by atoms with Crippen molar-refractivity contribution >= 4 is 5.69 Å². The number of aromatic nitrogens is 1. The average molecular weight is 234 g/mol. The molecule has 0 bridgehead atoms. The van der Waals surface area contributed by atoms with Gasteiger partial charge in [0.1, 0.15) is 6.54 Å². The normalized spacial score (nSPS) is 11.6. The highest BCUT2D eigenvalue weighted by molar-refractivity contribution is 5.46. The molecule has 6 heteroatoms. The topological polar surface area (TPSA) is 36.4 Å². The molecule has 0 saturated carbocycles. The van der Waals surface area contributed by atoms with Gasteiger partial charge in [-0.05, 0) is 19.1 Å². The summed E-state index contributed by atoms with van der Waals surface area (Å²) in [4.78, 5) is 4.99. The van der Waals surface area contributed by atoms with E-state index in [1.165, 1.54) is 23.2 Å². The first-order valence-electron chi connectivity index (χ1n) is 4.83. The molecule has 0 aliphatic rings. The highest BCUT2D eigenvalue weighted by atomic mass is 19.4. The SMILES string of the molecule is CCN(CC(F)(F)F)c1ccnc(CO)c1. The minimum Gasteiger partial charge on any atom is -0.390 e. The second-order valence-electron chi connectivity index (χ2n) is 3.29. The summed E-state index contributed by atoms with van der Waals surface area (Å²) in [6.45, 7) is 0.606. The van der Waals surface area contributed by atoms with Crippen LogP contribution in [0, 0.1) is 0 Å². The molecule has 1 aromatic rings. The quantitative estimate of drug-likeness (QED) is 0.865. The van der Waals surface area contributed by atoms with Crippen LogP contribution in [0.25, 0.3) is 0 Å². The average Bonchev–Trinajstić information content (AvgIpc) is 2.25. The van der Waals surface area contributed by atoms with Crippen molar-refractivity contribution in [1.29, 1.82) is 0 Å². The molecule has 1 N–H and O–H groups in total. The van der Waals surface area contributed by atoms with E-state index in [4.69, 9.17) is 5.11 Å². The maximum absolute atomic E-state index is 12.3. The number of hydrogen-bond acceptors (Lipinski definition) is 3. The number of rotatable bonds is 4. The number of aliphatic hydroxyl groups is 1. The number of halogens is 3. The number of aliphatic hydroxyl groups excluding tert-OH is 1. The van der Waals surface area contributed by atoms with E-state index in [-0.39, 0.29) is 13.2 Å². The highest BCUT2D eigenvalue weighted by Crippen LogP contribution is 2.21. The number of alkyl halides is 3. The van der Waals surface area contributed by atoms with E-state index in [2.05, 4.69) is 4.98 Å². The summed E-state index contributed by atoms with van der Waals surface area (Å²) < 4.78 is 36.8. The summed E-state index contributed by atoms with van der Waals surface area (Å²) in [5.41, 5.74) is 0.775. The van der Waals surface area contributed by atoms with Crippen molar-refractivity contribution in [2.24, 2.45) is 0 Å². The Balaban J connectivity index is 2.86. The molecule has 0 radical (unpaired) electrons. The van der Waals surface area contributed by atoms with Gasteiger partial charge >= 0.3 is 6.18 Å². The Hall–Kier alpha value is -1.30. The molecular formula is C10H13F3N2O. The largest absolute Gasteiger partial charge is 0.405 e. The Morgan fingerprint density at radius 3 is 2.62 bits per heavy atom. The van der Waals surface area contributed by atoms with Crippen molar-refractivity contribution in [3.8, 4) is 0 Å². The lowest BCUT2D eigenvalue weighted by Gasteiger charge is -2.24. The van der Waals surface area contributed by atoms with Gasteiger partial charge in [0.05, 0.1) is 12.3 Å². The first-order valence-corrected chi connectivity index (χ1v) is 4.83. The van der Waals surface area contributed by atoms with E-state index in [1.54, 1.807) is 6.92 Å². The van der Waals surface area contributed by atoms with Gasteiger partial charge in [-0.1, -0.05) is 0 Å². The van der Waals surface area contributed by atoms with Crippen LogP contribution in [-0.2, 0) is 6.61 Å². The number of nitrogens with zero attached hydrogens (tertiary/aromatic N) is 2. The zero-order valence-corrected chi connectivity index (χ0v) is 8.83. The number of anilines is 1. The Labute approximate surface area is 91.5 Å². The minimum atomic E-state index is -4.24. The van der Waals surface area contributed by atoms with Gasteiger partial charge in [-0.25, -0.2) is 0 Å². The van der Waals surface area contributed by atoms with Gasteiger partial charge in [-0.15, -0.1) is 0 Å². The zero-order valence-electron chi connectivity index (χ0n) is 8.83. The molecule has 1 rings (SSSR count). The molecule has 0 amide bonds. The molecule has 16 heavy (non-hydrogen) atoms. The predicted octanol–water partition coefficient (Wildman–Crippen LogP) is 1.96. The molecule has 0 saturated heterocycles. The smallest absolute Gasteiger partial charge is 0.390 e. The third-order valence-electron chi connectivity index (χ3n) is 2.08. The van der Waals surface area contributed by atoms with Crippen molar-refractivity contribution in [2.45, 2.75) is 19.7 Å². The second-order valence-corrected chi connectivity index (χ2v) is 3.29. The molecule has 0 aliphatic heterocycles. The lowest BCUT2D eigenvalue weighted by molar-refractivity contribution is -0.119. The molecule has 0 aliphatic carbocycles. The van der Waals surface area contributed by atoms with E-state index in [0.717, 1.165) is 0 Å². The monoisotopic (exact) mass is 234 g/mol. The van der Waals surface area contributed by atoms with Crippen molar-refractivity contribution in [3.63, 3.8) is 0 Å². The molecular weight excluding hydrogens is 221 g/mol. The second kappa shape index (κ2) is 5.16. The van der Waals surface area contributed by atoms with Crippen LogP contribution in [0.1, 0.15) is 12.6 Å². The van der Waals surface area contributed by atoms with Gasteiger partial charge in [0.2, 0.25) is 0 Å². The summed E-state index contributed by atoms with van der Waals surface area (Å²) >= 11 is 0. The third-order valence-corrected chi connectivity index (χ3v) is 2.08. The van der Waals surface area contributed by atoms with Gasteiger partial charge in [-0.2, -0.15) is 13.2 Å². The minimum absolute atomic E-state index is 0.244. The maximum Gasteiger partial charge on any atom is 0.405 e. The van der Waals surface area contributed by atoms with Crippen molar-refractivity contribution in [2.75, 3.05) is 18.0 Å². The standard InChI is InChI=1S/C10H13F3N2O/c1-2-15(7-10(11,12)13)9-3-4-14-8(5-9)6-16/h3-5,16H,2,6-7H2,1H3. The summed E-state index contributed by atoms with van der Waals surface area (Å²) in [5.74, 6) is 0. The highest BCUT2D eigenvalue weighted by Gasteiger charge is 2.30. The first-order chi connectivity index (χ1) is 7.46. The van der Waals surface area contributed by atoms with E-state index in [0.29, 0.717) is 11.4 Å². The van der Waals surface area contributed by atoms with Crippen LogP contribution >= 0.6 is 0 Å². The summed E-state index contributed by atoms with van der Waals surface area (Å²) in [7, 11) is 0. The first kappa shape index (κ1) is 12.8. The van der Waals surface area contributed by atoms with Crippen molar-refractivity contribution < 1.29 is 18.3 Å². The van der Waals surface area contributed by atoms with E-state index >= 15 is 0 Å². The van der Waals surface area contributed by atoms with Gasteiger partial charge in [-0.3, -0.25) is 4.98 Å². The fourth-order valence-electron chi connectivity index (χ4n) is 1.35. The zero-order chi connectivity index (χ0) is 12.2. The van der Waals surface area contributed by atoms with E-state index < -0.39 is 12.7 Å².